The van der Waals surface area contributed by atoms with E-state index < -0.39 is 0 Å². The smallest absolute Gasteiger partial charge is 0.0452 e. The molecule has 0 fully saturated rings. The summed E-state index contributed by atoms with van der Waals surface area (Å²) >= 11 is 0. The van der Waals surface area contributed by atoms with E-state index in [2.05, 4.69) is 105 Å². The van der Waals surface area contributed by atoms with E-state index in [0.717, 1.165) is 11.1 Å². The number of dihydropyridines is 1. The highest BCUT2D eigenvalue weighted by Crippen LogP contribution is 2.45. The highest BCUT2D eigenvalue weighted by Gasteiger charge is 2.32. The first kappa shape index (κ1) is 27.7. The van der Waals surface area contributed by atoms with E-state index in [1.54, 1.807) is 0 Å². The minimum atomic E-state index is 0.168. The molecule has 2 rings (SSSR count). The Morgan fingerprint density at radius 1 is 0.967 bits per heavy atom. The van der Waals surface area contributed by atoms with Gasteiger partial charge < -0.3 is 5.32 Å². The number of benzene rings is 1. The maximum atomic E-state index is 4.31. The molecule has 1 heterocycles. The topological polar surface area (TPSA) is 12.0 Å². The van der Waals surface area contributed by atoms with Crippen LogP contribution in [0.5, 0.6) is 0 Å². The largest absolute Gasteiger partial charge is 0.358 e. The molecule has 1 atom stereocenters. The van der Waals surface area contributed by atoms with Crippen LogP contribution < -0.4 is 5.32 Å². The van der Waals surface area contributed by atoms with Crippen molar-refractivity contribution in [3.63, 3.8) is 0 Å². The van der Waals surface area contributed by atoms with Gasteiger partial charge in [0.05, 0.1) is 0 Å². The Balaban J connectivity index is 0.00000154. The van der Waals surface area contributed by atoms with Gasteiger partial charge in [0.1, 0.15) is 0 Å². The first-order valence-corrected chi connectivity index (χ1v) is 11.3. The van der Waals surface area contributed by atoms with Crippen molar-refractivity contribution >= 4 is 0 Å². The Labute approximate surface area is 187 Å². The molecule has 0 saturated heterocycles. The molecule has 1 aliphatic rings. The van der Waals surface area contributed by atoms with E-state index in [4.69, 9.17) is 0 Å². The van der Waals surface area contributed by atoms with Crippen molar-refractivity contribution < 1.29 is 0 Å². The number of allylic oxidation sites excluding steroid dienone is 7. The van der Waals surface area contributed by atoms with Crippen molar-refractivity contribution in [1.82, 2.24) is 5.32 Å². The lowest BCUT2D eigenvalue weighted by molar-refractivity contribution is 0.788. The minimum absolute atomic E-state index is 0.168. The summed E-state index contributed by atoms with van der Waals surface area (Å²) in [5.74, 6) is 0.168. The van der Waals surface area contributed by atoms with Crippen molar-refractivity contribution in [3.8, 4) is 0 Å². The van der Waals surface area contributed by atoms with Crippen LogP contribution in [0.25, 0.3) is 0 Å². The third-order valence-electron chi connectivity index (χ3n) is 5.05. The van der Waals surface area contributed by atoms with Crippen molar-refractivity contribution in [2.24, 2.45) is 0 Å². The van der Waals surface area contributed by atoms with Gasteiger partial charge in [0.25, 0.3) is 0 Å². The molecule has 0 aliphatic carbocycles. The summed E-state index contributed by atoms with van der Waals surface area (Å²) in [7, 11) is 0. The lowest BCUT2D eigenvalue weighted by atomic mass is 9.74. The standard InChI is InChI=1S/C24H31N.C3H8.C2H6/c1-10-17(7)24-22(15(4)5)23(21(14(2)3)19(9)25-24)20-12-11-16(6)13-18(20)8;1-3-2;1-2/h10-13,23,25H,2,4H2,1,3,5-9H3;3H2,1-2H3;1-2H3/b17-10-;;. The molecule has 1 N–H and O–H groups in total. The Kier molecular flexibility index (Phi) is 12.1. The fourth-order valence-corrected chi connectivity index (χ4v) is 3.77. The molecule has 0 aromatic heterocycles. The van der Waals surface area contributed by atoms with Gasteiger partial charge in [-0.25, -0.2) is 0 Å². The summed E-state index contributed by atoms with van der Waals surface area (Å²) in [6.45, 7) is 31.8. The Bertz CT molecular complexity index is 843. The van der Waals surface area contributed by atoms with Crippen molar-refractivity contribution in [2.75, 3.05) is 0 Å². The number of hydrogen-bond acceptors (Lipinski definition) is 1. The summed E-state index contributed by atoms with van der Waals surface area (Å²) in [5, 5.41) is 3.63. The molecule has 0 spiro atoms. The Hall–Kier alpha value is -2.28. The molecule has 1 heteroatoms. The molecule has 30 heavy (non-hydrogen) atoms. The maximum absolute atomic E-state index is 4.31. The van der Waals surface area contributed by atoms with Gasteiger partial charge in [0.15, 0.2) is 0 Å². The van der Waals surface area contributed by atoms with Crippen molar-refractivity contribution in [1.29, 1.82) is 0 Å². The van der Waals surface area contributed by atoms with E-state index in [0.29, 0.717) is 0 Å². The highest BCUT2D eigenvalue weighted by molar-refractivity contribution is 5.61. The Morgan fingerprint density at radius 2 is 1.47 bits per heavy atom. The summed E-state index contributed by atoms with van der Waals surface area (Å²) in [6, 6.07) is 6.73. The molecule has 0 saturated carbocycles. The maximum Gasteiger partial charge on any atom is 0.0452 e. The van der Waals surface area contributed by atoms with E-state index in [1.165, 1.54) is 51.2 Å². The zero-order valence-electron chi connectivity index (χ0n) is 21.5. The monoisotopic (exact) mass is 407 g/mol. The van der Waals surface area contributed by atoms with Crippen LogP contribution in [0.1, 0.15) is 91.3 Å². The van der Waals surface area contributed by atoms with Gasteiger partial charge in [-0.1, -0.05) is 88.3 Å². The van der Waals surface area contributed by atoms with Crippen LogP contribution in [0.4, 0.5) is 0 Å². The second kappa shape index (κ2) is 13.1. The fraction of sp³-hybridized carbons (Fsp3) is 0.448. The molecule has 1 aromatic carbocycles. The predicted molar refractivity (Wildman–Crippen MR) is 138 cm³/mol. The van der Waals surface area contributed by atoms with Crippen molar-refractivity contribution in [3.05, 3.63) is 93.4 Å². The van der Waals surface area contributed by atoms with Crippen LogP contribution in [0.15, 0.2) is 76.7 Å². The van der Waals surface area contributed by atoms with E-state index in [9.17, 15) is 0 Å². The molecule has 0 amide bonds. The SMILES string of the molecule is C=C(C)C1=C(C)NC(/C(C)=C\C)=C(C(=C)C)C1c1ccc(C)cc1C.CC.CCC. The quantitative estimate of drug-likeness (QED) is 0.524. The van der Waals surface area contributed by atoms with Gasteiger partial charge in [0, 0.05) is 17.3 Å². The minimum Gasteiger partial charge on any atom is -0.358 e. The summed E-state index contributed by atoms with van der Waals surface area (Å²) < 4.78 is 0. The number of hydrogen-bond donors (Lipinski definition) is 1. The molecule has 1 nitrogen and oxygen atoms in total. The van der Waals surface area contributed by atoms with Gasteiger partial charge in [-0.3, -0.25) is 0 Å². The first-order chi connectivity index (χ1) is 14.1. The zero-order valence-corrected chi connectivity index (χ0v) is 21.5. The molecule has 0 radical (unpaired) electrons. The summed E-state index contributed by atoms with van der Waals surface area (Å²) in [6.07, 6.45) is 3.41. The number of rotatable bonds is 4. The normalized spacial score (nSPS) is 16.1. The molecule has 166 valence electrons. The van der Waals surface area contributed by atoms with Gasteiger partial charge in [-0.05, 0) is 76.3 Å². The van der Waals surface area contributed by atoms with Crippen LogP contribution in [0.2, 0.25) is 0 Å². The zero-order chi connectivity index (χ0) is 23.6. The average Bonchev–Trinajstić information content (AvgIpc) is 2.68. The third kappa shape index (κ3) is 6.62. The first-order valence-electron chi connectivity index (χ1n) is 11.3. The van der Waals surface area contributed by atoms with Crippen LogP contribution >= 0.6 is 0 Å². The van der Waals surface area contributed by atoms with E-state index in [1.807, 2.05) is 13.8 Å². The van der Waals surface area contributed by atoms with Crippen LogP contribution in [-0.4, -0.2) is 0 Å². The number of nitrogens with one attached hydrogen (secondary N) is 1. The van der Waals surface area contributed by atoms with Gasteiger partial charge in [-0.15, -0.1) is 0 Å². The lowest BCUT2D eigenvalue weighted by Crippen LogP contribution is -2.27. The molecular weight excluding hydrogens is 362 g/mol. The highest BCUT2D eigenvalue weighted by atomic mass is 14.9. The Morgan fingerprint density at radius 3 is 1.87 bits per heavy atom. The second-order valence-electron chi connectivity index (χ2n) is 7.98. The van der Waals surface area contributed by atoms with Gasteiger partial charge >= 0.3 is 0 Å². The number of aryl methyl sites for hydroxylation is 2. The van der Waals surface area contributed by atoms with Crippen LogP contribution in [0, 0.1) is 13.8 Å². The molecular formula is C29H45N. The third-order valence-corrected chi connectivity index (χ3v) is 5.05. The fourth-order valence-electron chi connectivity index (χ4n) is 3.77. The van der Waals surface area contributed by atoms with Crippen molar-refractivity contribution in [2.45, 2.75) is 88.5 Å². The van der Waals surface area contributed by atoms with Crippen LogP contribution in [-0.2, 0) is 0 Å². The molecule has 1 unspecified atom stereocenters. The average molecular weight is 408 g/mol. The van der Waals surface area contributed by atoms with Gasteiger partial charge in [-0.2, -0.15) is 0 Å². The summed E-state index contributed by atoms with van der Waals surface area (Å²) in [5.41, 5.74) is 12.3. The summed E-state index contributed by atoms with van der Waals surface area (Å²) in [4.78, 5) is 0. The van der Waals surface area contributed by atoms with Crippen LogP contribution in [0.3, 0.4) is 0 Å². The van der Waals surface area contributed by atoms with E-state index >= 15 is 0 Å². The van der Waals surface area contributed by atoms with E-state index in [-0.39, 0.29) is 5.92 Å². The molecule has 1 aliphatic heterocycles. The molecule has 0 bridgehead atoms. The molecule has 1 aromatic rings. The predicted octanol–water partition coefficient (Wildman–Crippen LogP) is 9.08. The van der Waals surface area contributed by atoms with Gasteiger partial charge in [0.2, 0.25) is 0 Å². The second-order valence-corrected chi connectivity index (χ2v) is 7.98. The lowest BCUT2D eigenvalue weighted by Gasteiger charge is -2.35.